The number of hydrogen-bond donors (Lipinski definition) is 1. The Hall–Kier alpha value is -2.81. The lowest BCUT2D eigenvalue weighted by molar-refractivity contribution is -0.144. The fourth-order valence-electron chi connectivity index (χ4n) is 2.12. The van der Waals surface area contributed by atoms with Gasteiger partial charge in [-0.1, -0.05) is 30.3 Å². The summed E-state index contributed by atoms with van der Waals surface area (Å²) in [6.07, 6.45) is -1.27. The highest BCUT2D eigenvalue weighted by Crippen LogP contribution is 2.09. The van der Waals surface area contributed by atoms with Gasteiger partial charge in [0, 0.05) is 20.6 Å². The quantitative estimate of drug-likeness (QED) is 0.624. The number of benzene rings is 1. The Kier molecular flexibility index (Phi) is 9.40. The third-order valence-corrected chi connectivity index (χ3v) is 3.80. The van der Waals surface area contributed by atoms with Crippen molar-refractivity contribution in [3.63, 3.8) is 0 Å². The Morgan fingerprint density at radius 2 is 1.69 bits per heavy atom. The maximum atomic E-state index is 12.1. The minimum absolute atomic E-state index is 0.0396. The van der Waals surface area contributed by atoms with Crippen LogP contribution < -0.4 is 0 Å². The molecule has 1 aromatic carbocycles. The number of carbonyl (C=O) groups excluding carboxylic acids is 2. The summed E-state index contributed by atoms with van der Waals surface area (Å²) >= 11 is 0. The monoisotopic (exact) mass is 410 g/mol. The molecule has 29 heavy (non-hydrogen) atoms. The van der Waals surface area contributed by atoms with Crippen molar-refractivity contribution < 1.29 is 33.7 Å². The largest absolute Gasteiger partial charge is 0.480 e. The molecule has 0 fully saturated rings. The number of likely N-dealkylation sites (N-methyl/N-ethyl adjacent to an activating group) is 2. The van der Waals surface area contributed by atoms with Gasteiger partial charge in [-0.2, -0.15) is 0 Å². The van der Waals surface area contributed by atoms with E-state index in [0.717, 1.165) is 10.5 Å². The third-order valence-electron chi connectivity index (χ3n) is 3.80. The molecule has 0 aliphatic carbocycles. The van der Waals surface area contributed by atoms with Gasteiger partial charge in [-0.05, 0) is 26.3 Å². The van der Waals surface area contributed by atoms with E-state index in [-0.39, 0.29) is 26.4 Å². The molecule has 0 aliphatic heterocycles. The highest BCUT2D eigenvalue weighted by atomic mass is 16.6. The lowest BCUT2D eigenvalue weighted by Crippen LogP contribution is -2.46. The molecule has 0 saturated heterocycles. The first-order chi connectivity index (χ1) is 13.5. The van der Waals surface area contributed by atoms with Crippen molar-refractivity contribution in [1.29, 1.82) is 0 Å². The number of amides is 2. The first-order valence-electron chi connectivity index (χ1n) is 9.19. The molecule has 9 nitrogen and oxygen atoms in total. The second-order valence-electron chi connectivity index (χ2n) is 7.48. The molecule has 162 valence electrons. The van der Waals surface area contributed by atoms with Crippen LogP contribution in [0.2, 0.25) is 0 Å². The van der Waals surface area contributed by atoms with Gasteiger partial charge in [-0.3, -0.25) is 4.90 Å². The zero-order valence-electron chi connectivity index (χ0n) is 17.6. The second-order valence-corrected chi connectivity index (χ2v) is 7.48. The lowest BCUT2D eigenvalue weighted by atomic mass is 10.2. The first kappa shape index (κ1) is 24.2. The van der Waals surface area contributed by atoms with Crippen LogP contribution in [0.5, 0.6) is 0 Å². The van der Waals surface area contributed by atoms with Crippen molar-refractivity contribution in [2.24, 2.45) is 0 Å². The van der Waals surface area contributed by atoms with Gasteiger partial charge < -0.3 is 24.2 Å². The minimum atomic E-state index is -1.22. The molecule has 0 aliphatic rings. The molecule has 1 rings (SSSR count). The summed E-state index contributed by atoms with van der Waals surface area (Å²) in [5.41, 5.74) is 0.186. The van der Waals surface area contributed by atoms with E-state index in [0.29, 0.717) is 0 Å². The van der Waals surface area contributed by atoms with E-state index in [4.69, 9.17) is 14.2 Å². The highest BCUT2D eigenvalue weighted by molar-refractivity contribution is 5.80. The van der Waals surface area contributed by atoms with Gasteiger partial charge in [0.05, 0.1) is 13.2 Å². The van der Waals surface area contributed by atoms with Crippen LogP contribution in [0.3, 0.4) is 0 Å². The summed E-state index contributed by atoms with van der Waals surface area (Å²) in [7, 11) is 2.89. The number of carbonyl (C=O) groups is 3. The maximum Gasteiger partial charge on any atom is 0.410 e. The fraction of sp³-hybridized carbons (Fsp3) is 0.550. The fourth-order valence-corrected chi connectivity index (χ4v) is 2.12. The van der Waals surface area contributed by atoms with Crippen molar-refractivity contribution in [2.75, 3.05) is 33.9 Å². The molecule has 0 radical (unpaired) electrons. The van der Waals surface area contributed by atoms with E-state index in [1.54, 1.807) is 40.0 Å². The average molecular weight is 410 g/mol. The Labute approximate surface area is 171 Å². The minimum Gasteiger partial charge on any atom is -0.480 e. The third kappa shape index (κ3) is 9.29. The lowest BCUT2D eigenvalue weighted by Gasteiger charge is -2.26. The molecule has 0 aromatic heterocycles. The van der Waals surface area contributed by atoms with E-state index in [9.17, 15) is 19.5 Å². The second kappa shape index (κ2) is 11.3. The Morgan fingerprint density at radius 1 is 1.07 bits per heavy atom. The Balaban J connectivity index is 2.44. The molecule has 0 heterocycles. The summed E-state index contributed by atoms with van der Waals surface area (Å²) in [6.45, 7) is 5.39. The average Bonchev–Trinajstić information content (AvgIpc) is 2.64. The van der Waals surface area contributed by atoms with E-state index in [1.807, 2.05) is 18.2 Å². The number of hydrogen-bond acceptors (Lipinski definition) is 6. The molecular formula is C20H30N2O7. The molecule has 9 heteroatoms. The number of carboxylic acid groups (broad SMARTS) is 1. The van der Waals surface area contributed by atoms with Crippen molar-refractivity contribution in [1.82, 2.24) is 9.80 Å². The summed E-state index contributed by atoms with van der Waals surface area (Å²) < 4.78 is 15.7. The van der Waals surface area contributed by atoms with Crippen molar-refractivity contribution in [3.05, 3.63) is 35.9 Å². The SMILES string of the molecule is CN(CCOCC(C(=O)O)N(C)C(=O)OCc1ccccc1)C(=O)OC(C)(C)C. The van der Waals surface area contributed by atoms with Crippen LogP contribution in [0, 0.1) is 0 Å². The number of rotatable bonds is 9. The van der Waals surface area contributed by atoms with Crippen LogP contribution in [-0.4, -0.2) is 78.6 Å². The molecule has 1 N–H and O–H groups in total. The zero-order valence-corrected chi connectivity index (χ0v) is 17.6. The van der Waals surface area contributed by atoms with Crippen LogP contribution in [0.25, 0.3) is 0 Å². The van der Waals surface area contributed by atoms with Gasteiger partial charge in [0.15, 0.2) is 6.04 Å². The van der Waals surface area contributed by atoms with E-state index in [1.165, 1.54) is 11.9 Å². The summed E-state index contributed by atoms with van der Waals surface area (Å²) in [5.74, 6) is -1.22. The first-order valence-corrected chi connectivity index (χ1v) is 9.19. The van der Waals surface area contributed by atoms with Gasteiger partial charge >= 0.3 is 18.2 Å². The predicted octanol–water partition coefficient (Wildman–Crippen LogP) is 2.59. The molecular weight excluding hydrogens is 380 g/mol. The van der Waals surface area contributed by atoms with Gasteiger partial charge in [-0.15, -0.1) is 0 Å². The Bertz CT molecular complexity index is 673. The molecule has 0 saturated carbocycles. The van der Waals surface area contributed by atoms with Crippen LogP contribution >= 0.6 is 0 Å². The van der Waals surface area contributed by atoms with Crippen LogP contribution in [-0.2, 0) is 25.6 Å². The highest BCUT2D eigenvalue weighted by Gasteiger charge is 2.28. The van der Waals surface area contributed by atoms with Crippen LogP contribution in [0.15, 0.2) is 30.3 Å². The van der Waals surface area contributed by atoms with Crippen LogP contribution in [0.4, 0.5) is 9.59 Å². The molecule has 1 aromatic rings. The van der Waals surface area contributed by atoms with E-state index in [2.05, 4.69) is 0 Å². The van der Waals surface area contributed by atoms with Gasteiger partial charge in [-0.25, -0.2) is 14.4 Å². The smallest absolute Gasteiger partial charge is 0.410 e. The molecule has 0 bridgehead atoms. The van der Waals surface area contributed by atoms with Crippen molar-refractivity contribution in [2.45, 2.75) is 39.0 Å². The van der Waals surface area contributed by atoms with Gasteiger partial charge in [0.2, 0.25) is 0 Å². The van der Waals surface area contributed by atoms with Gasteiger partial charge in [0.1, 0.15) is 12.2 Å². The number of carboxylic acids is 1. The van der Waals surface area contributed by atoms with Crippen molar-refractivity contribution in [3.8, 4) is 0 Å². The van der Waals surface area contributed by atoms with Crippen LogP contribution in [0.1, 0.15) is 26.3 Å². The summed E-state index contributed by atoms with van der Waals surface area (Å²) in [4.78, 5) is 37.8. The Morgan fingerprint density at radius 3 is 2.24 bits per heavy atom. The maximum absolute atomic E-state index is 12.1. The summed E-state index contributed by atoms with van der Waals surface area (Å²) in [5, 5.41) is 9.39. The predicted molar refractivity (Wildman–Crippen MR) is 105 cm³/mol. The van der Waals surface area contributed by atoms with E-state index >= 15 is 0 Å². The van der Waals surface area contributed by atoms with E-state index < -0.39 is 29.8 Å². The number of ether oxygens (including phenoxy) is 3. The molecule has 1 atom stereocenters. The molecule has 0 spiro atoms. The normalized spacial score (nSPS) is 12.0. The zero-order chi connectivity index (χ0) is 22.0. The number of nitrogens with zero attached hydrogens (tertiary/aromatic N) is 2. The summed E-state index contributed by atoms with van der Waals surface area (Å²) in [6, 6.07) is 7.85. The van der Waals surface area contributed by atoms with Gasteiger partial charge in [0.25, 0.3) is 0 Å². The standard InChI is InChI=1S/C20H30N2O7/c1-20(2,3)29-18(25)21(4)11-12-27-14-16(17(23)24)22(5)19(26)28-13-15-9-7-6-8-10-15/h6-10,16H,11-14H2,1-5H3,(H,23,24). The van der Waals surface area contributed by atoms with Crippen molar-refractivity contribution >= 4 is 18.2 Å². The number of aliphatic carboxylic acids is 1. The molecule has 1 unspecified atom stereocenters. The molecule has 2 amide bonds. The topological polar surface area (TPSA) is 106 Å².